The average molecular weight is 198 g/mol. The highest BCUT2D eigenvalue weighted by Crippen LogP contribution is 2.13. The molecule has 1 aromatic rings. The maximum absolute atomic E-state index is 9.61. The Balaban J connectivity index is 2.73. The van der Waals surface area contributed by atoms with Gasteiger partial charge in [-0.1, -0.05) is 0 Å². The maximum atomic E-state index is 9.61. The first-order chi connectivity index (χ1) is 6.65. The van der Waals surface area contributed by atoms with E-state index in [0.29, 0.717) is 5.69 Å². The van der Waals surface area contributed by atoms with Gasteiger partial charge >= 0.3 is 0 Å². The second kappa shape index (κ2) is 4.85. The van der Waals surface area contributed by atoms with E-state index in [2.05, 4.69) is 15.3 Å². The summed E-state index contributed by atoms with van der Waals surface area (Å²) in [5, 5.41) is 21.8. The highest BCUT2D eigenvalue weighted by molar-refractivity contribution is 5.19. The van der Waals surface area contributed by atoms with Crippen LogP contribution in [0.2, 0.25) is 0 Å². The maximum Gasteiger partial charge on any atom is 0.220 e. The van der Waals surface area contributed by atoms with Gasteiger partial charge < -0.3 is 21.3 Å². The van der Waals surface area contributed by atoms with Gasteiger partial charge in [-0.2, -0.15) is 0 Å². The van der Waals surface area contributed by atoms with Crippen LogP contribution in [0.4, 0.5) is 5.95 Å². The molecule has 2 atom stereocenters. The molecule has 1 aromatic heterocycles. The molecule has 1 rings (SSSR count). The molecule has 5 N–H and O–H groups in total. The predicted octanol–water partition coefficient (Wildman–Crippen LogP) is -1.33. The Morgan fingerprint density at radius 2 is 2.29 bits per heavy atom. The van der Waals surface area contributed by atoms with Crippen LogP contribution in [0.1, 0.15) is 11.8 Å². The lowest BCUT2D eigenvalue weighted by molar-refractivity contribution is 0.0177. The van der Waals surface area contributed by atoms with Crippen LogP contribution in [-0.2, 0) is 0 Å². The van der Waals surface area contributed by atoms with E-state index in [4.69, 9.17) is 5.73 Å². The number of nitrogens with one attached hydrogen (secondary N) is 1. The first-order valence-corrected chi connectivity index (χ1v) is 4.24. The van der Waals surface area contributed by atoms with E-state index in [0.717, 1.165) is 0 Å². The number of nitrogens with zero attached hydrogens (tertiary/aromatic N) is 2. The van der Waals surface area contributed by atoms with Crippen LogP contribution < -0.4 is 11.1 Å². The molecule has 0 saturated carbocycles. The van der Waals surface area contributed by atoms with Crippen molar-refractivity contribution in [1.82, 2.24) is 15.3 Å². The van der Waals surface area contributed by atoms with E-state index in [9.17, 15) is 10.2 Å². The Bertz CT molecular complexity index is 294. The number of aliphatic hydroxyl groups is 2. The number of nitrogen functional groups attached to an aromatic ring is 1. The molecule has 14 heavy (non-hydrogen) atoms. The van der Waals surface area contributed by atoms with Crippen LogP contribution in [0.3, 0.4) is 0 Å². The lowest BCUT2D eigenvalue weighted by Gasteiger charge is -2.16. The molecule has 6 nitrogen and oxygen atoms in total. The minimum atomic E-state index is -1.05. The first-order valence-electron chi connectivity index (χ1n) is 4.24. The van der Waals surface area contributed by atoms with Gasteiger partial charge in [-0.15, -0.1) is 0 Å². The largest absolute Gasteiger partial charge is 0.389 e. The molecule has 0 radical (unpaired) electrons. The smallest absolute Gasteiger partial charge is 0.220 e. The van der Waals surface area contributed by atoms with Gasteiger partial charge in [0, 0.05) is 12.7 Å². The third kappa shape index (κ3) is 2.63. The van der Waals surface area contributed by atoms with Crippen LogP contribution in [0.15, 0.2) is 12.3 Å². The van der Waals surface area contributed by atoms with Crippen LogP contribution >= 0.6 is 0 Å². The Hall–Kier alpha value is -1.24. The van der Waals surface area contributed by atoms with Crippen LogP contribution in [0.25, 0.3) is 0 Å². The fourth-order valence-corrected chi connectivity index (χ4v) is 1.07. The second-order valence-corrected chi connectivity index (χ2v) is 2.91. The van der Waals surface area contributed by atoms with Crippen molar-refractivity contribution in [1.29, 1.82) is 0 Å². The number of rotatable bonds is 4. The van der Waals surface area contributed by atoms with Gasteiger partial charge in [0.1, 0.15) is 6.10 Å². The molecule has 0 aliphatic rings. The number of aliphatic hydroxyl groups excluding tert-OH is 2. The lowest BCUT2D eigenvalue weighted by Crippen LogP contribution is -2.30. The van der Waals surface area contributed by atoms with E-state index in [1.54, 1.807) is 7.05 Å². The molecule has 2 unspecified atom stereocenters. The van der Waals surface area contributed by atoms with Crippen molar-refractivity contribution in [3.05, 3.63) is 18.0 Å². The van der Waals surface area contributed by atoms with Gasteiger partial charge in [0.15, 0.2) is 0 Å². The molecule has 0 aliphatic carbocycles. The van der Waals surface area contributed by atoms with Gasteiger partial charge in [-0.3, -0.25) is 0 Å². The van der Waals surface area contributed by atoms with E-state index in [-0.39, 0.29) is 12.5 Å². The lowest BCUT2D eigenvalue weighted by atomic mass is 10.1. The minimum Gasteiger partial charge on any atom is -0.389 e. The van der Waals surface area contributed by atoms with E-state index < -0.39 is 12.2 Å². The van der Waals surface area contributed by atoms with Crippen LogP contribution in [0, 0.1) is 0 Å². The van der Waals surface area contributed by atoms with E-state index in [1.165, 1.54) is 12.3 Å². The molecular weight excluding hydrogens is 184 g/mol. The minimum absolute atomic E-state index is 0.0817. The summed E-state index contributed by atoms with van der Waals surface area (Å²) in [6, 6.07) is 1.51. The van der Waals surface area contributed by atoms with Crippen molar-refractivity contribution in [2.24, 2.45) is 0 Å². The summed E-state index contributed by atoms with van der Waals surface area (Å²) in [5.74, 6) is 0.0817. The summed E-state index contributed by atoms with van der Waals surface area (Å²) in [6.45, 7) is 0.283. The van der Waals surface area contributed by atoms with Crippen molar-refractivity contribution in [3.8, 4) is 0 Å². The van der Waals surface area contributed by atoms with Gasteiger partial charge in [0.05, 0.1) is 11.8 Å². The average Bonchev–Trinajstić information content (AvgIpc) is 2.17. The van der Waals surface area contributed by atoms with Gasteiger partial charge in [-0.05, 0) is 13.1 Å². The van der Waals surface area contributed by atoms with Gasteiger partial charge in [-0.25, -0.2) is 9.97 Å². The summed E-state index contributed by atoms with van der Waals surface area (Å²) in [5.41, 5.74) is 5.66. The van der Waals surface area contributed by atoms with Gasteiger partial charge in [0.25, 0.3) is 0 Å². The Kier molecular flexibility index (Phi) is 3.75. The first kappa shape index (κ1) is 10.8. The standard InChI is InChI=1S/C8H14N4O2/c1-10-4-6(13)7(14)5-2-3-11-8(9)12-5/h2-3,6-7,10,13-14H,4H2,1H3,(H2,9,11,12). The second-order valence-electron chi connectivity index (χ2n) is 2.91. The van der Waals surface area contributed by atoms with Crippen LogP contribution in [0.5, 0.6) is 0 Å². The third-order valence-electron chi connectivity index (χ3n) is 1.78. The number of aromatic nitrogens is 2. The number of hydrogen-bond donors (Lipinski definition) is 4. The van der Waals surface area contributed by atoms with Crippen molar-refractivity contribution < 1.29 is 10.2 Å². The molecule has 0 amide bonds. The van der Waals surface area contributed by atoms with Crippen molar-refractivity contribution >= 4 is 5.95 Å². The molecule has 0 aliphatic heterocycles. The fourth-order valence-electron chi connectivity index (χ4n) is 1.07. The molecule has 0 aromatic carbocycles. The summed E-state index contributed by atoms with van der Waals surface area (Å²) >= 11 is 0. The van der Waals surface area contributed by atoms with E-state index in [1.807, 2.05) is 0 Å². The zero-order valence-corrected chi connectivity index (χ0v) is 7.88. The Morgan fingerprint density at radius 3 is 2.86 bits per heavy atom. The predicted molar refractivity (Wildman–Crippen MR) is 51.3 cm³/mol. The zero-order chi connectivity index (χ0) is 10.6. The van der Waals surface area contributed by atoms with Crippen molar-refractivity contribution in [3.63, 3.8) is 0 Å². The molecule has 0 fully saturated rings. The Labute approximate surface area is 81.8 Å². The molecular formula is C8H14N4O2. The Morgan fingerprint density at radius 1 is 1.57 bits per heavy atom. The van der Waals surface area contributed by atoms with Crippen molar-refractivity contribution in [2.75, 3.05) is 19.3 Å². The molecule has 0 saturated heterocycles. The highest BCUT2D eigenvalue weighted by Gasteiger charge is 2.18. The van der Waals surface area contributed by atoms with Crippen molar-refractivity contribution in [2.45, 2.75) is 12.2 Å². The summed E-state index contributed by atoms with van der Waals surface area (Å²) < 4.78 is 0. The molecule has 0 spiro atoms. The third-order valence-corrected chi connectivity index (χ3v) is 1.78. The summed E-state index contributed by atoms with van der Waals surface area (Å²) in [6.07, 6.45) is -0.519. The van der Waals surface area contributed by atoms with E-state index >= 15 is 0 Å². The molecule has 78 valence electrons. The monoisotopic (exact) mass is 198 g/mol. The van der Waals surface area contributed by atoms with Gasteiger partial charge in [0.2, 0.25) is 5.95 Å². The highest BCUT2D eigenvalue weighted by atomic mass is 16.3. The molecule has 0 bridgehead atoms. The number of nitrogens with two attached hydrogens (primary N) is 1. The fraction of sp³-hybridized carbons (Fsp3) is 0.500. The summed E-state index contributed by atoms with van der Waals surface area (Å²) in [7, 11) is 1.68. The number of anilines is 1. The SMILES string of the molecule is CNCC(O)C(O)c1ccnc(N)n1. The zero-order valence-electron chi connectivity index (χ0n) is 7.88. The number of hydrogen-bond acceptors (Lipinski definition) is 6. The summed E-state index contributed by atoms with van der Waals surface area (Å²) in [4.78, 5) is 7.49. The van der Waals surface area contributed by atoms with Crippen LogP contribution in [-0.4, -0.2) is 39.9 Å². The molecule has 1 heterocycles. The quantitative estimate of drug-likeness (QED) is 0.478. The topological polar surface area (TPSA) is 104 Å². The normalized spacial score (nSPS) is 15.1. The molecule has 6 heteroatoms. The number of likely N-dealkylation sites (N-methyl/N-ethyl adjacent to an activating group) is 1.